The van der Waals surface area contributed by atoms with E-state index in [1.807, 2.05) is 18.8 Å². The van der Waals surface area contributed by atoms with Crippen LogP contribution in [0.3, 0.4) is 0 Å². The first kappa shape index (κ1) is 15.9. The number of rotatable bonds is 2. The number of para-hydroxylation sites is 1. The molecule has 1 aromatic carbocycles. The maximum absolute atomic E-state index is 13.3. The summed E-state index contributed by atoms with van der Waals surface area (Å²) in [4.78, 5) is 16.6. The maximum atomic E-state index is 13.3. The fraction of sp³-hybridized carbons (Fsp3) is 0.611. The van der Waals surface area contributed by atoms with Gasteiger partial charge in [-0.2, -0.15) is 0 Å². The molecule has 1 unspecified atom stereocenters. The molecule has 1 heterocycles. The van der Waals surface area contributed by atoms with E-state index in [0.29, 0.717) is 6.04 Å². The summed E-state index contributed by atoms with van der Waals surface area (Å²) in [6.07, 6.45) is 6.02. The highest BCUT2D eigenvalue weighted by Crippen LogP contribution is 2.45. The molecule has 0 radical (unpaired) electrons. The molecule has 1 aliphatic heterocycles. The third kappa shape index (κ3) is 2.79. The van der Waals surface area contributed by atoms with E-state index < -0.39 is 0 Å². The fourth-order valence-electron chi connectivity index (χ4n) is 3.83. The number of hydrogen-bond acceptors (Lipinski definition) is 3. The molecule has 1 saturated carbocycles. The quantitative estimate of drug-likeness (QED) is 0.899. The Morgan fingerprint density at radius 3 is 2.55 bits per heavy atom. The summed E-state index contributed by atoms with van der Waals surface area (Å²) in [5.74, 6) is 0.233. The van der Waals surface area contributed by atoms with Gasteiger partial charge in [0.05, 0.1) is 5.69 Å². The minimum atomic E-state index is -0.161. The lowest BCUT2D eigenvalue weighted by atomic mass is 9.92. The van der Waals surface area contributed by atoms with Crippen molar-refractivity contribution in [2.45, 2.75) is 67.7 Å². The second kappa shape index (κ2) is 6.25. The van der Waals surface area contributed by atoms with Crippen LogP contribution in [0.2, 0.25) is 0 Å². The number of likely N-dealkylation sites (N-methyl/N-ethyl adjacent to an activating group) is 1. The van der Waals surface area contributed by atoms with E-state index in [1.54, 1.807) is 0 Å². The molecule has 1 N–H and O–H groups in total. The second-order valence-corrected chi connectivity index (χ2v) is 8.59. The van der Waals surface area contributed by atoms with Crippen LogP contribution in [-0.2, 0) is 4.79 Å². The third-order valence-corrected chi connectivity index (χ3v) is 6.23. The lowest BCUT2D eigenvalue weighted by molar-refractivity contribution is -0.121. The molecule has 1 aliphatic carbocycles. The minimum Gasteiger partial charge on any atom is -0.308 e. The number of carbonyl (C=O) groups is 1. The van der Waals surface area contributed by atoms with Crippen LogP contribution in [0, 0.1) is 0 Å². The molecule has 4 heteroatoms. The highest BCUT2D eigenvalue weighted by molar-refractivity contribution is 8.01. The van der Waals surface area contributed by atoms with Gasteiger partial charge in [0.25, 0.3) is 0 Å². The Morgan fingerprint density at radius 1 is 1.18 bits per heavy atom. The number of hydrogen-bond donors (Lipinski definition) is 1. The molecule has 0 aromatic heterocycles. The molecule has 1 fully saturated rings. The van der Waals surface area contributed by atoms with E-state index in [-0.39, 0.29) is 16.7 Å². The Hall–Kier alpha value is -1.00. The van der Waals surface area contributed by atoms with Crippen molar-refractivity contribution >= 4 is 23.4 Å². The van der Waals surface area contributed by atoms with Gasteiger partial charge < -0.3 is 10.2 Å². The lowest BCUT2D eigenvalue weighted by Crippen LogP contribution is -2.56. The topological polar surface area (TPSA) is 32.3 Å². The van der Waals surface area contributed by atoms with Crippen molar-refractivity contribution in [2.75, 3.05) is 11.9 Å². The molecule has 0 saturated heterocycles. The molecule has 120 valence electrons. The molecule has 3 rings (SSSR count). The molecule has 1 aromatic rings. The highest BCUT2D eigenvalue weighted by atomic mass is 32.2. The van der Waals surface area contributed by atoms with Crippen LogP contribution in [0.1, 0.15) is 46.0 Å². The van der Waals surface area contributed by atoms with Crippen molar-refractivity contribution in [1.29, 1.82) is 0 Å². The third-order valence-electron chi connectivity index (χ3n) is 4.91. The number of nitrogens with one attached hydrogen (secondary N) is 1. The summed E-state index contributed by atoms with van der Waals surface area (Å²) in [5, 5.41) is 3.28. The number of thioether (sulfide) groups is 1. The monoisotopic (exact) mass is 318 g/mol. The number of nitrogens with zero attached hydrogens (tertiary/aromatic N) is 1. The zero-order valence-corrected chi connectivity index (χ0v) is 14.6. The van der Waals surface area contributed by atoms with E-state index in [2.05, 4.69) is 48.3 Å². The summed E-state index contributed by atoms with van der Waals surface area (Å²) in [6, 6.07) is 8.59. The van der Waals surface area contributed by atoms with E-state index in [9.17, 15) is 4.79 Å². The van der Waals surface area contributed by atoms with Crippen LogP contribution in [0.25, 0.3) is 0 Å². The van der Waals surface area contributed by atoms with Crippen LogP contribution in [0.5, 0.6) is 0 Å². The number of carbonyl (C=O) groups excluding carboxylic acids is 1. The minimum absolute atomic E-state index is 0.160. The van der Waals surface area contributed by atoms with Crippen LogP contribution in [0.4, 0.5) is 5.69 Å². The standard InChI is InChI=1S/C18H26N2OS/c1-18(2)16(19-3)17(21)20(13-9-5-4-6-10-13)14-11-7-8-12-15(14)22-18/h7-8,11-13,16,19H,4-6,9-10H2,1-3H3. The Kier molecular flexibility index (Phi) is 4.51. The van der Waals surface area contributed by atoms with Crippen molar-refractivity contribution in [3.05, 3.63) is 24.3 Å². The van der Waals surface area contributed by atoms with Gasteiger partial charge >= 0.3 is 0 Å². The highest BCUT2D eigenvalue weighted by Gasteiger charge is 2.43. The fourth-order valence-corrected chi connectivity index (χ4v) is 5.15. The number of benzene rings is 1. The molecule has 2 aliphatic rings. The van der Waals surface area contributed by atoms with E-state index in [4.69, 9.17) is 0 Å². The van der Waals surface area contributed by atoms with Gasteiger partial charge in [-0.3, -0.25) is 4.79 Å². The first-order chi connectivity index (χ1) is 10.5. The number of fused-ring (bicyclic) bond motifs is 1. The first-order valence-electron chi connectivity index (χ1n) is 8.33. The Bertz CT molecular complexity index is 552. The Morgan fingerprint density at radius 2 is 1.86 bits per heavy atom. The predicted molar refractivity (Wildman–Crippen MR) is 93.6 cm³/mol. The average Bonchev–Trinajstić information content (AvgIpc) is 2.58. The van der Waals surface area contributed by atoms with Gasteiger partial charge in [0.2, 0.25) is 5.91 Å². The smallest absolute Gasteiger partial charge is 0.245 e. The summed E-state index contributed by atoms with van der Waals surface area (Å²) in [6.45, 7) is 4.33. The second-order valence-electron chi connectivity index (χ2n) is 6.89. The van der Waals surface area contributed by atoms with Gasteiger partial charge in [-0.05, 0) is 45.9 Å². The molecular formula is C18H26N2OS. The van der Waals surface area contributed by atoms with E-state index in [1.165, 1.54) is 24.2 Å². The molecule has 1 atom stereocenters. The number of amides is 1. The maximum Gasteiger partial charge on any atom is 0.245 e. The largest absolute Gasteiger partial charge is 0.308 e. The van der Waals surface area contributed by atoms with Gasteiger partial charge in [-0.1, -0.05) is 31.4 Å². The van der Waals surface area contributed by atoms with Gasteiger partial charge in [0.15, 0.2) is 0 Å². The van der Waals surface area contributed by atoms with Crippen molar-refractivity contribution in [3.8, 4) is 0 Å². The zero-order chi connectivity index (χ0) is 15.7. The SMILES string of the molecule is CNC1C(=O)N(C2CCCCC2)c2ccccc2SC1(C)C. The summed E-state index contributed by atoms with van der Waals surface area (Å²) < 4.78 is -0.161. The Balaban J connectivity index is 2.07. The van der Waals surface area contributed by atoms with E-state index >= 15 is 0 Å². The van der Waals surface area contributed by atoms with E-state index in [0.717, 1.165) is 18.5 Å². The normalized spacial score (nSPS) is 25.7. The van der Waals surface area contributed by atoms with Crippen molar-refractivity contribution in [2.24, 2.45) is 0 Å². The van der Waals surface area contributed by atoms with Gasteiger partial charge in [0.1, 0.15) is 6.04 Å². The Labute approximate surface area is 137 Å². The van der Waals surface area contributed by atoms with Crippen LogP contribution < -0.4 is 10.2 Å². The van der Waals surface area contributed by atoms with Crippen LogP contribution >= 0.6 is 11.8 Å². The first-order valence-corrected chi connectivity index (χ1v) is 9.14. The van der Waals surface area contributed by atoms with Crippen LogP contribution in [-0.4, -0.2) is 29.8 Å². The predicted octanol–water partition coefficient (Wildman–Crippen LogP) is 3.82. The average molecular weight is 318 g/mol. The summed E-state index contributed by atoms with van der Waals surface area (Å²) in [7, 11) is 1.90. The van der Waals surface area contributed by atoms with Gasteiger partial charge in [-0.25, -0.2) is 0 Å². The van der Waals surface area contributed by atoms with Crippen molar-refractivity contribution < 1.29 is 4.79 Å². The number of anilines is 1. The molecule has 22 heavy (non-hydrogen) atoms. The molecule has 0 spiro atoms. The zero-order valence-electron chi connectivity index (χ0n) is 13.8. The summed E-state index contributed by atoms with van der Waals surface area (Å²) >= 11 is 1.81. The molecular weight excluding hydrogens is 292 g/mol. The van der Waals surface area contributed by atoms with Gasteiger partial charge in [-0.15, -0.1) is 11.8 Å². The van der Waals surface area contributed by atoms with Crippen LogP contribution in [0.15, 0.2) is 29.2 Å². The van der Waals surface area contributed by atoms with Crippen molar-refractivity contribution in [1.82, 2.24) is 5.32 Å². The molecule has 3 nitrogen and oxygen atoms in total. The van der Waals surface area contributed by atoms with Crippen molar-refractivity contribution in [3.63, 3.8) is 0 Å². The molecule has 0 bridgehead atoms. The van der Waals surface area contributed by atoms with Gasteiger partial charge in [0, 0.05) is 15.7 Å². The summed E-state index contributed by atoms with van der Waals surface area (Å²) in [5.41, 5.74) is 1.11. The molecule has 1 amide bonds. The lowest BCUT2D eigenvalue weighted by Gasteiger charge is -2.37.